The van der Waals surface area contributed by atoms with E-state index in [9.17, 15) is 18.8 Å². The number of amides is 1. The van der Waals surface area contributed by atoms with Crippen LogP contribution in [0.15, 0.2) is 34.8 Å². The maximum atomic E-state index is 13.5. The minimum Gasteiger partial charge on any atom is -0.343 e. The van der Waals surface area contributed by atoms with Crippen LogP contribution in [-0.4, -0.2) is 34.8 Å². The molecule has 1 N–H and O–H groups in total. The van der Waals surface area contributed by atoms with E-state index in [1.165, 1.54) is 18.2 Å². The zero-order chi connectivity index (χ0) is 23.8. The summed E-state index contributed by atoms with van der Waals surface area (Å²) in [6.45, 7) is 9.40. The molecule has 0 bridgehead atoms. The summed E-state index contributed by atoms with van der Waals surface area (Å²) in [6.07, 6.45) is 3.75. The van der Waals surface area contributed by atoms with E-state index in [1.807, 2.05) is 19.9 Å². The smallest absolute Gasteiger partial charge is 0.272 e. The highest BCUT2D eigenvalue weighted by Gasteiger charge is 2.33. The van der Waals surface area contributed by atoms with Crippen LogP contribution in [-0.2, 0) is 11.8 Å². The quantitative estimate of drug-likeness (QED) is 0.511. The number of nitrogens with zero attached hydrogens (tertiary/aromatic N) is 2. The zero-order valence-corrected chi connectivity index (χ0v) is 19.3. The molecule has 1 aromatic carbocycles. The largest absolute Gasteiger partial charge is 0.343 e. The molecule has 0 saturated carbocycles. The Labute approximate surface area is 187 Å². The second kappa shape index (κ2) is 8.65. The molecule has 2 aromatic rings. The fourth-order valence-corrected chi connectivity index (χ4v) is 4.08. The van der Waals surface area contributed by atoms with Crippen molar-refractivity contribution >= 4 is 29.4 Å². The number of carbonyl (C=O) groups is 3. The lowest BCUT2D eigenvalue weighted by molar-refractivity contribution is -0.116. The van der Waals surface area contributed by atoms with Crippen LogP contribution in [0.4, 0.5) is 10.1 Å². The number of aromatic nitrogens is 1. The maximum Gasteiger partial charge on any atom is 0.272 e. The number of aryl methyl sites for hydroxylation is 1. The van der Waals surface area contributed by atoms with Crippen LogP contribution in [0.25, 0.3) is 0 Å². The molecule has 1 amide bonds. The third-order valence-electron chi connectivity index (χ3n) is 6.07. The molecule has 0 unspecified atom stereocenters. The number of allylic oxidation sites excluding steroid dienone is 1. The third-order valence-corrected chi connectivity index (χ3v) is 6.07. The highest BCUT2D eigenvalue weighted by atomic mass is 19.1. The monoisotopic (exact) mass is 437 g/mol. The minimum absolute atomic E-state index is 0.0495. The molecule has 0 aliphatic carbocycles. The van der Waals surface area contributed by atoms with Crippen molar-refractivity contribution in [1.29, 1.82) is 0 Å². The number of hydrogen-bond donors (Lipinski definition) is 1. The lowest BCUT2D eigenvalue weighted by Crippen LogP contribution is -2.25. The predicted octanol–water partition coefficient (Wildman–Crippen LogP) is 4.52. The van der Waals surface area contributed by atoms with E-state index >= 15 is 0 Å². The fraction of sp³-hybridized carbons (Fsp3) is 0.360. The van der Waals surface area contributed by atoms with Crippen molar-refractivity contribution < 1.29 is 18.8 Å². The summed E-state index contributed by atoms with van der Waals surface area (Å²) in [6, 6.07) is 4.30. The first-order valence-electron chi connectivity index (χ1n) is 10.5. The van der Waals surface area contributed by atoms with Gasteiger partial charge < -0.3 is 9.88 Å². The van der Waals surface area contributed by atoms with Gasteiger partial charge in [0, 0.05) is 31.1 Å². The van der Waals surface area contributed by atoms with Gasteiger partial charge >= 0.3 is 0 Å². The molecule has 0 radical (unpaired) electrons. The van der Waals surface area contributed by atoms with Crippen LogP contribution >= 0.6 is 0 Å². The standard InChI is InChI=1S/C25H28FN3O3/c1-14-11-18(7-8-19(14)26)28-24(32)22-15(2)21(16(3)29(22)6)23(31)20(30)12-25(4,5)17-9-10-27-13-17/h7-9,11,13H,10,12H2,1-6H3,(H,28,32). The number of aliphatic imine (C=N–C) groups is 1. The van der Waals surface area contributed by atoms with Gasteiger partial charge in [-0.2, -0.15) is 0 Å². The van der Waals surface area contributed by atoms with Crippen LogP contribution in [0.5, 0.6) is 0 Å². The summed E-state index contributed by atoms with van der Waals surface area (Å²) >= 11 is 0. The Morgan fingerprint density at radius 3 is 2.47 bits per heavy atom. The number of ketones is 2. The normalized spacial score (nSPS) is 13.3. The molecule has 0 spiro atoms. The Bertz CT molecular complexity index is 1190. The van der Waals surface area contributed by atoms with E-state index in [4.69, 9.17) is 0 Å². The molecule has 2 heterocycles. The summed E-state index contributed by atoms with van der Waals surface area (Å²) in [5, 5.41) is 2.75. The topological polar surface area (TPSA) is 80.5 Å². The lowest BCUT2D eigenvalue weighted by atomic mass is 9.79. The number of halogens is 1. The lowest BCUT2D eigenvalue weighted by Gasteiger charge is -2.23. The molecular weight excluding hydrogens is 409 g/mol. The number of rotatable bonds is 7. The average Bonchev–Trinajstić information content (AvgIpc) is 3.32. The molecule has 1 aromatic heterocycles. The maximum absolute atomic E-state index is 13.5. The van der Waals surface area contributed by atoms with E-state index in [2.05, 4.69) is 10.3 Å². The Morgan fingerprint density at radius 2 is 1.88 bits per heavy atom. The van der Waals surface area contributed by atoms with Crippen LogP contribution in [0.3, 0.4) is 0 Å². The number of anilines is 1. The summed E-state index contributed by atoms with van der Waals surface area (Å²) < 4.78 is 15.1. The third kappa shape index (κ3) is 4.33. The predicted molar refractivity (Wildman–Crippen MR) is 123 cm³/mol. The first kappa shape index (κ1) is 23.3. The Hall–Kier alpha value is -3.35. The van der Waals surface area contributed by atoms with E-state index in [1.54, 1.807) is 38.6 Å². The van der Waals surface area contributed by atoms with Crippen LogP contribution < -0.4 is 5.32 Å². The van der Waals surface area contributed by atoms with Crippen molar-refractivity contribution in [2.24, 2.45) is 17.5 Å². The molecule has 0 fully saturated rings. The Morgan fingerprint density at radius 1 is 1.19 bits per heavy atom. The summed E-state index contributed by atoms with van der Waals surface area (Å²) in [5.41, 5.74) is 2.81. The number of hydrogen-bond acceptors (Lipinski definition) is 4. The van der Waals surface area contributed by atoms with E-state index in [-0.39, 0.29) is 23.5 Å². The van der Waals surface area contributed by atoms with Crippen molar-refractivity contribution in [3.8, 4) is 0 Å². The van der Waals surface area contributed by atoms with Gasteiger partial charge in [0.2, 0.25) is 11.6 Å². The first-order valence-corrected chi connectivity index (χ1v) is 10.5. The molecule has 0 saturated heterocycles. The van der Waals surface area contributed by atoms with E-state index in [0.717, 1.165) is 5.57 Å². The average molecular weight is 438 g/mol. The van der Waals surface area contributed by atoms with E-state index in [0.29, 0.717) is 29.1 Å². The van der Waals surface area contributed by atoms with Gasteiger partial charge in [0.25, 0.3) is 5.91 Å². The molecule has 3 rings (SSSR count). The molecular formula is C25H28FN3O3. The molecule has 32 heavy (non-hydrogen) atoms. The molecule has 0 atom stereocenters. The fourth-order valence-electron chi connectivity index (χ4n) is 4.08. The van der Waals surface area contributed by atoms with Crippen molar-refractivity contribution in [3.63, 3.8) is 0 Å². The van der Waals surface area contributed by atoms with Gasteiger partial charge in [-0.3, -0.25) is 19.4 Å². The van der Waals surface area contributed by atoms with Gasteiger partial charge in [-0.1, -0.05) is 19.9 Å². The Kier molecular flexibility index (Phi) is 6.30. The first-order chi connectivity index (χ1) is 14.9. The zero-order valence-electron chi connectivity index (χ0n) is 19.3. The second-order valence-electron chi connectivity index (χ2n) is 8.88. The van der Waals surface area contributed by atoms with Crippen LogP contribution in [0, 0.1) is 32.0 Å². The van der Waals surface area contributed by atoms with Gasteiger partial charge in [-0.25, -0.2) is 4.39 Å². The molecule has 7 heteroatoms. The van der Waals surface area contributed by atoms with Crippen molar-refractivity contribution in [2.45, 2.75) is 41.0 Å². The second-order valence-corrected chi connectivity index (χ2v) is 8.88. The number of benzene rings is 1. The molecule has 1 aliphatic rings. The van der Waals surface area contributed by atoms with Gasteiger partial charge in [0.15, 0.2) is 0 Å². The van der Waals surface area contributed by atoms with Crippen LogP contribution in [0.1, 0.15) is 57.9 Å². The number of carbonyl (C=O) groups excluding carboxylic acids is 3. The van der Waals surface area contributed by atoms with Crippen molar-refractivity contribution in [1.82, 2.24) is 4.57 Å². The van der Waals surface area contributed by atoms with Crippen LogP contribution in [0.2, 0.25) is 0 Å². The minimum atomic E-state index is -0.601. The highest BCUT2D eigenvalue weighted by Crippen LogP contribution is 2.32. The SMILES string of the molecule is Cc1cc(NC(=O)c2c(C)c(C(=O)C(=O)CC(C)(C)C3=CCN=C3)c(C)n2C)ccc1F. The highest BCUT2D eigenvalue weighted by molar-refractivity contribution is 6.44. The van der Waals surface area contributed by atoms with Gasteiger partial charge in [-0.05, 0) is 61.1 Å². The summed E-state index contributed by atoms with van der Waals surface area (Å²) in [4.78, 5) is 43.2. The van der Waals surface area contributed by atoms with Gasteiger partial charge in [-0.15, -0.1) is 0 Å². The Balaban J connectivity index is 1.87. The van der Waals surface area contributed by atoms with Gasteiger partial charge in [0.05, 0.1) is 12.1 Å². The number of Topliss-reactive ketones (excluding diaryl/α,β-unsaturated/α-hetero) is 2. The molecule has 168 valence electrons. The molecule has 1 aliphatic heterocycles. The summed E-state index contributed by atoms with van der Waals surface area (Å²) in [5.74, 6) is -1.90. The van der Waals surface area contributed by atoms with Gasteiger partial charge in [0.1, 0.15) is 11.5 Å². The van der Waals surface area contributed by atoms with Crippen molar-refractivity contribution in [2.75, 3.05) is 11.9 Å². The number of nitrogens with one attached hydrogen (secondary N) is 1. The summed E-state index contributed by atoms with van der Waals surface area (Å²) in [7, 11) is 1.68. The van der Waals surface area contributed by atoms with Crippen molar-refractivity contribution in [3.05, 3.63) is 63.7 Å². The van der Waals surface area contributed by atoms with E-state index < -0.39 is 22.9 Å². The molecule has 6 nitrogen and oxygen atoms in total.